The Morgan fingerprint density at radius 2 is 1.74 bits per heavy atom. The Morgan fingerprint density at radius 3 is 2.35 bits per heavy atom. The van der Waals surface area contributed by atoms with E-state index in [4.69, 9.17) is 0 Å². The summed E-state index contributed by atoms with van der Waals surface area (Å²) in [6.45, 7) is 4.57. The molecule has 1 aliphatic rings. The maximum Gasteiger partial charge on any atom is 0.243 e. The standard InChI is InChI=1S/C16H18FN3O2S/c1-11-9-12(2)19-16(18-11)13-7-8-20(10-13)23(21,22)15-5-3-14(17)4-6-15/h3-6,9,13H,7-8,10H2,1-2H3/t13-/m0/s1. The molecule has 7 heteroatoms. The number of hydrogen-bond donors (Lipinski definition) is 0. The summed E-state index contributed by atoms with van der Waals surface area (Å²) in [5, 5.41) is 0. The molecule has 0 bridgehead atoms. The molecule has 1 aliphatic heterocycles. The average Bonchev–Trinajstić information content (AvgIpc) is 2.97. The number of nitrogens with zero attached hydrogens (tertiary/aromatic N) is 3. The van der Waals surface area contributed by atoms with E-state index >= 15 is 0 Å². The highest BCUT2D eigenvalue weighted by Gasteiger charge is 2.34. The first-order valence-electron chi connectivity index (χ1n) is 7.44. The lowest BCUT2D eigenvalue weighted by atomic mass is 10.1. The maximum atomic E-state index is 13.0. The second-order valence-electron chi connectivity index (χ2n) is 5.81. The zero-order chi connectivity index (χ0) is 16.6. The van der Waals surface area contributed by atoms with Gasteiger partial charge >= 0.3 is 0 Å². The molecule has 0 spiro atoms. The van der Waals surface area contributed by atoms with Crippen molar-refractivity contribution in [1.82, 2.24) is 14.3 Å². The summed E-state index contributed by atoms with van der Waals surface area (Å²) in [4.78, 5) is 8.98. The molecular weight excluding hydrogens is 317 g/mol. The number of rotatable bonds is 3. The van der Waals surface area contributed by atoms with E-state index in [1.165, 1.54) is 16.4 Å². The number of hydrogen-bond acceptors (Lipinski definition) is 4. The predicted octanol–water partition coefficient (Wildman–Crippen LogP) is 2.41. The molecule has 2 heterocycles. The molecule has 1 atom stereocenters. The largest absolute Gasteiger partial charge is 0.243 e. The summed E-state index contributed by atoms with van der Waals surface area (Å²) in [5.74, 6) is 0.231. The zero-order valence-corrected chi connectivity index (χ0v) is 13.8. The quantitative estimate of drug-likeness (QED) is 0.864. The van der Waals surface area contributed by atoms with Crippen molar-refractivity contribution in [3.05, 3.63) is 53.4 Å². The van der Waals surface area contributed by atoms with Crippen LogP contribution < -0.4 is 0 Å². The Morgan fingerprint density at radius 1 is 1.13 bits per heavy atom. The number of benzene rings is 1. The van der Waals surface area contributed by atoms with Crippen LogP contribution in [0.25, 0.3) is 0 Å². The number of aryl methyl sites for hydroxylation is 2. The first kappa shape index (κ1) is 16.0. The van der Waals surface area contributed by atoms with E-state index in [2.05, 4.69) is 9.97 Å². The van der Waals surface area contributed by atoms with Gasteiger partial charge in [0.25, 0.3) is 0 Å². The highest BCUT2D eigenvalue weighted by molar-refractivity contribution is 7.89. The lowest BCUT2D eigenvalue weighted by Crippen LogP contribution is -2.28. The van der Waals surface area contributed by atoms with Gasteiger partial charge in [-0.15, -0.1) is 0 Å². The molecule has 0 amide bonds. The molecule has 0 aliphatic carbocycles. The van der Waals surface area contributed by atoms with Crippen molar-refractivity contribution < 1.29 is 12.8 Å². The first-order chi connectivity index (χ1) is 10.9. The Balaban J connectivity index is 1.82. The number of aromatic nitrogens is 2. The van der Waals surface area contributed by atoms with E-state index in [0.29, 0.717) is 25.3 Å². The van der Waals surface area contributed by atoms with Crippen molar-refractivity contribution in [2.45, 2.75) is 31.1 Å². The monoisotopic (exact) mass is 335 g/mol. The summed E-state index contributed by atoms with van der Waals surface area (Å²) in [6, 6.07) is 6.81. The molecule has 0 unspecified atom stereocenters. The molecule has 1 aromatic carbocycles. The van der Waals surface area contributed by atoms with Gasteiger partial charge in [-0.05, 0) is 50.6 Å². The third-order valence-electron chi connectivity index (χ3n) is 3.97. The average molecular weight is 335 g/mol. The van der Waals surface area contributed by atoms with Crippen molar-refractivity contribution >= 4 is 10.0 Å². The van der Waals surface area contributed by atoms with Crippen LogP contribution in [0, 0.1) is 19.7 Å². The third kappa shape index (κ3) is 3.25. The second-order valence-corrected chi connectivity index (χ2v) is 7.75. The van der Waals surface area contributed by atoms with Crippen LogP contribution in [0.15, 0.2) is 35.2 Å². The second kappa shape index (κ2) is 5.98. The number of sulfonamides is 1. The molecular formula is C16H18FN3O2S. The summed E-state index contributed by atoms with van der Waals surface area (Å²) < 4.78 is 39.6. The lowest BCUT2D eigenvalue weighted by Gasteiger charge is -2.16. The van der Waals surface area contributed by atoms with E-state index in [9.17, 15) is 12.8 Å². The van der Waals surface area contributed by atoms with Gasteiger partial charge in [0.2, 0.25) is 10.0 Å². The van der Waals surface area contributed by atoms with Gasteiger partial charge in [-0.25, -0.2) is 22.8 Å². The normalized spacial score (nSPS) is 19.2. The van der Waals surface area contributed by atoms with Crippen molar-refractivity contribution in [2.75, 3.05) is 13.1 Å². The van der Waals surface area contributed by atoms with Gasteiger partial charge in [0.15, 0.2) is 0 Å². The zero-order valence-electron chi connectivity index (χ0n) is 13.0. The Bertz CT molecular complexity index is 801. The smallest absolute Gasteiger partial charge is 0.238 e. The summed E-state index contributed by atoms with van der Waals surface area (Å²) in [6.07, 6.45) is 0.684. The summed E-state index contributed by atoms with van der Waals surface area (Å²) in [5.41, 5.74) is 1.76. The highest BCUT2D eigenvalue weighted by Crippen LogP contribution is 2.29. The Kier molecular flexibility index (Phi) is 4.16. The minimum atomic E-state index is -3.61. The van der Waals surface area contributed by atoms with E-state index < -0.39 is 15.8 Å². The fraction of sp³-hybridized carbons (Fsp3) is 0.375. The molecule has 1 aromatic heterocycles. The van der Waals surface area contributed by atoms with Crippen LogP contribution >= 0.6 is 0 Å². The topological polar surface area (TPSA) is 63.2 Å². The Labute approximate surface area is 135 Å². The molecule has 23 heavy (non-hydrogen) atoms. The van der Waals surface area contributed by atoms with E-state index in [1.54, 1.807) is 0 Å². The van der Waals surface area contributed by atoms with Crippen molar-refractivity contribution in [3.8, 4) is 0 Å². The SMILES string of the molecule is Cc1cc(C)nc([C@H]2CCN(S(=O)(=O)c3ccc(F)cc3)C2)n1. The van der Waals surface area contributed by atoms with Crippen LogP contribution in [0.1, 0.15) is 29.6 Å². The molecule has 2 aromatic rings. The highest BCUT2D eigenvalue weighted by atomic mass is 32.2. The molecule has 3 rings (SSSR count). The van der Waals surface area contributed by atoms with E-state index in [-0.39, 0.29) is 10.8 Å². The van der Waals surface area contributed by atoms with Crippen molar-refractivity contribution in [2.24, 2.45) is 0 Å². The van der Waals surface area contributed by atoms with Gasteiger partial charge in [0.05, 0.1) is 4.90 Å². The van der Waals surface area contributed by atoms with Gasteiger partial charge in [0, 0.05) is 30.4 Å². The summed E-state index contributed by atoms with van der Waals surface area (Å²) in [7, 11) is -3.61. The van der Waals surface area contributed by atoms with Crippen LogP contribution in [0.4, 0.5) is 4.39 Å². The number of halogens is 1. The molecule has 0 N–H and O–H groups in total. The molecule has 1 saturated heterocycles. The fourth-order valence-electron chi connectivity index (χ4n) is 2.85. The van der Waals surface area contributed by atoms with Crippen LogP contribution in [0.3, 0.4) is 0 Å². The minimum absolute atomic E-state index is 0.0103. The molecule has 1 fully saturated rings. The lowest BCUT2D eigenvalue weighted by molar-refractivity contribution is 0.470. The van der Waals surface area contributed by atoms with Gasteiger partial charge < -0.3 is 0 Å². The molecule has 0 radical (unpaired) electrons. The van der Waals surface area contributed by atoms with Crippen LogP contribution in [-0.2, 0) is 10.0 Å². The molecule has 122 valence electrons. The van der Waals surface area contributed by atoms with Gasteiger partial charge in [0.1, 0.15) is 11.6 Å². The van der Waals surface area contributed by atoms with Gasteiger partial charge in [-0.1, -0.05) is 0 Å². The molecule has 0 saturated carbocycles. The van der Waals surface area contributed by atoms with E-state index in [0.717, 1.165) is 23.5 Å². The van der Waals surface area contributed by atoms with Crippen molar-refractivity contribution in [1.29, 1.82) is 0 Å². The Hall–Kier alpha value is -1.86. The maximum absolute atomic E-state index is 13.0. The van der Waals surface area contributed by atoms with Gasteiger partial charge in [-0.2, -0.15) is 4.31 Å². The van der Waals surface area contributed by atoms with Crippen LogP contribution in [0.5, 0.6) is 0 Å². The predicted molar refractivity (Wildman–Crippen MR) is 84.0 cm³/mol. The van der Waals surface area contributed by atoms with Crippen molar-refractivity contribution in [3.63, 3.8) is 0 Å². The van der Waals surface area contributed by atoms with Crippen LogP contribution in [-0.4, -0.2) is 35.8 Å². The fourth-order valence-corrected chi connectivity index (χ4v) is 4.35. The minimum Gasteiger partial charge on any atom is -0.238 e. The van der Waals surface area contributed by atoms with E-state index in [1.807, 2.05) is 19.9 Å². The first-order valence-corrected chi connectivity index (χ1v) is 8.88. The third-order valence-corrected chi connectivity index (χ3v) is 5.85. The van der Waals surface area contributed by atoms with Gasteiger partial charge in [-0.3, -0.25) is 0 Å². The molecule has 5 nitrogen and oxygen atoms in total. The summed E-state index contributed by atoms with van der Waals surface area (Å²) >= 11 is 0. The van der Waals surface area contributed by atoms with Crippen LogP contribution in [0.2, 0.25) is 0 Å².